The molecule has 9 heteroatoms. The number of carbonyl (C=O) groups is 1. The fourth-order valence-corrected chi connectivity index (χ4v) is 2.65. The van der Waals surface area contributed by atoms with Gasteiger partial charge in [-0.2, -0.15) is 5.10 Å². The van der Waals surface area contributed by atoms with Crippen molar-refractivity contribution < 1.29 is 19.2 Å². The number of carbonyl (C=O) groups excluding carboxylic acids is 1. The van der Waals surface area contributed by atoms with Crippen LogP contribution < -0.4 is 5.32 Å². The number of aromatic nitrogens is 2. The summed E-state index contributed by atoms with van der Waals surface area (Å²) in [6.45, 7) is 6.08. The molecule has 24 heavy (non-hydrogen) atoms. The van der Waals surface area contributed by atoms with Gasteiger partial charge < -0.3 is 14.8 Å². The average molecular weight is 340 g/mol. The van der Waals surface area contributed by atoms with Gasteiger partial charge in [0.2, 0.25) is 0 Å². The lowest BCUT2D eigenvalue weighted by Crippen LogP contribution is -2.41. The molecule has 1 saturated heterocycles. The second kappa shape index (κ2) is 7.16. The summed E-state index contributed by atoms with van der Waals surface area (Å²) >= 11 is 0. The zero-order valence-corrected chi connectivity index (χ0v) is 14.4. The number of alkyl carbamates (subject to hydrolysis) is 1. The number of nitrogens with one attached hydrogen (secondary N) is 1. The maximum atomic E-state index is 11.8. The summed E-state index contributed by atoms with van der Waals surface area (Å²) in [5.41, 5.74) is -0.127. The van der Waals surface area contributed by atoms with Gasteiger partial charge in [0.15, 0.2) is 0 Å². The summed E-state index contributed by atoms with van der Waals surface area (Å²) in [6.07, 6.45) is 2.19. The number of ether oxygens (including phenoxy) is 2. The Kier molecular flexibility index (Phi) is 5.43. The van der Waals surface area contributed by atoms with Crippen molar-refractivity contribution in [3.05, 3.63) is 22.0 Å². The molecule has 9 nitrogen and oxygen atoms in total. The lowest BCUT2D eigenvalue weighted by molar-refractivity contribution is -0.385. The third-order valence-corrected chi connectivity index (χ3v) is 3.64. The lowest BCUT2D eigenvalue weighted by atomic mass is 9.98. The Hall–Kier alpha value is -2.16. The van der Waals surface area contributed by atoms with Gasteiger partial charge in [-0.3, -0.25) is 14.8 Å². The van der Waals surface area contributed by atoms with E-state index in [0.717, 1.165) is 0 Å². The van der Waals surface area contributed by atoms with Crippen molar-refractivity contribution in [3.63, 3.8) is 0 Å². The molecule has 0 spiro atoms. The van der Waals surface area contributed by atoms with Gasteiger partial charge in [-0.1, -0.05) is 0 Å². The fourth-order valence-electron chi connectivity index (χ4n) is 2.65. The first kappa shape index (κ1) is 18.2. The number of nitro groups is 1. The van der Waals surface area contributed by atoms with Crippen LogP contribution in [-0.2, 0) is 16.5 Å². The van der Waals surface area contributed by atoms with Crippen molar-refractivity contribution >= 4 is 11.8 Å². The van der Waals surface area contributed by atoms with Crippen LogP contribution in [-0.4, -0.2) is 45.7 Å². The van der Waals surface area contributed by atoms with E-state index in [1.165, 1.54) is 10.9 Å². The molecule has 2 heterocycles. The van der Waals surface area contributed by atoms with Crippen molar-refractivity contribution in [1.82, 2.24) is 15.1 Å². The average Bonchev–Trinajstić information content (AvgIpc) is 2.67. The van der Waals surface area contributed by atoms with Gasteiger partial charge in [0.25, 0.3) is 0 Å². The van der Waals surface area contributed by atoms with Gasteiger partial charge in [-0.05, 0) is 33.6 Å². The predicted octanol–water partition coefficient (Wildman–Crippen LogP) is 2.12. The van der Waals surface area contributed by atoms with E-state index in [1.54, 1.807) is 27.8 Å². The highest BCUT2D eigenvalue weighted by atomic mass is 16.6. The van der Waals surface area contributed by atoms with E-state index in [4.69, 9.17) is 9.47 Å². The molecule has 2 unspecified atom stereocenters. The molecule has 2 atom stereocenters. The van der Waals surface area contributed by atoms with Crippen LogP contribution in [0.5, 0.6) is 0 Å². The van der Waals surface area contributed by atoms with E-state index < -0.39 is 16.6 Å². The van der Waals surface area contributed by atoms with Crippen LogP contribution in [0, 0.1) is 10.1 Å². The number of hydrogen-bond donors (Lipinski definition) is 1. The summed E-state index contributed by atoms with van der Waals surface area (Å²) in [5.74, 6) is -0.169. The van der Waals surface area contributed by atoms with Gasteiger partial charge in [-0.25, -0.2) is 4.79 Å². The molecule has 1 amide bonds. The van der Waals surface area contributed by atoms with Gasteiger partial charge in [0, 0.05) is 13.0 Å². The van der Waals surface area contributed by atoms with Crippen LogP contribution in [0.2, 0.25) is 0 Å². The number of hydrogen-bond acceptors (Lipinski definition) is 6. The van der Waals surface area contributed by atoms with Crippen LogP contribution in [0.1, 0.15) is 45.2 Å². The molecule has 0 bridgehead atoms. The Balaban J connectivity index is 1.98. The van der Waals surface area contributed by atoms with Crippen LogP contribution in [0.25, 0.3) is 0 Å². The Bertz CT molecular complexity index is 607. The van der Waals surface area contributed by atoms with E-state index in [1.807, 2.05) is 0 Å². The molecule has 0 saturated carbocycles. The first-order valence-corrected chi connectivity index (χ1v) is 7.91. The molecule has 1 aromatic heterocycles. The molecule has 0 aromatic carbocycles. The smallest absolute Gasteiger partial charge is 0.407 e. The highest BCUT2D eigenvalue weighted by Gasteiger charge is 2.30. The molecule has 1 aliphatic heterocycles. The lowest BCUT2D eigenvalue weighted by Gasteiger charge is -2.22. The van der Waals surface area contributed by atoms with Crippen molar-refractivity contribution in [2.45, 2.75) is 51.2 Å². The molecular weight excluding hydrogens is 316 g/mol. The highest BCUT2D eigenvalue weighted by molar-refractivity contribution is 5.68. The van der Waals surface area contributed by atoms with Crippen molar-refractivity contribution in [2.75, 3.05) is 13.2 Å². The second-order valence-corrected chi connectivity index (χ2v) is 6.99. The third kappa shape index (κ3) is 4.92. The standard InChI is InChI=1S/C15H24N4O5/c1-15(2,3)24-14(20)16-11-6-5-10(8-23-9-11)13-12(19(21)22)7-18(4)17-13/h7,10-11H,5-6,8-9H2,1-4H3,(H,16,20). The van der Waals surface area contributed by atoms with Gasteiger partial charge in [0.05, 0.1) is 24.2 Å². The molecule has 1 aromatic rings. The quantitative estimate of drug-likeness (QED) is 0.667. The maximum Gasteiger partial charge on any atom is 0.407 e. The molecule has 0 aliphatic carbocycles. The molecule has 1 N–H and O–H groups in total. The van der Waals surface area contributed by atoms with E-state index in [2.05, 4.69) is 10.4 Å². The molecule has 1 fully saturated rings. The molecule has 2 rings (SSSR count). The van der Waals surface area contributed by atoms with Crippen LogP contribution >= 0.6 is 0 Å². The van der Waals surface area contributed by atoms with Crippen LogP contribution in [0.3, 0.4) is 0 Å². The monoisotopic (exact) mass is 340 g/mol. The normalized spacial score (nSPS) is 21.8. The Morgan fingerprint density at radius 2 is 2.17 bits per heavy atom. The summed E-state index contributed by atoms with van der Waals surface area (Å²) in [4.78, 5) is 22.6. The van der Waals surface area contributed by atoms with Crippen molar-refractivity contribution in [2.24, 2.45) is 7.05 Å². The van der Waals surface area contributed by atoms with E-state index in [0.29, 0.717) is 31.7 Å². The first-order chi connectivity index (χ1) is 11.2. The van der Waals surface area contributed by atoms with Crippen LogP contribution in [0.4, 0.5) is 10.5 Å². The Morgan fingerprint density at radius 3 is 2.79 bits per heavy atom. The van der Waals surface area contributed by atoms with Gasteiger partial charge >= 0.3 is 11.8 Å². The summed E-state index contributed by atoms with van der Waals surface area (Å²) in [7, 11) is 1.65. The minimum atomic E-state index is -0.563. The maximum absolute atomic E-state index is 11.8. The van der Waals surface area contributed by atoms with Gasteiger partial charge in [0.1, 0.15) is 17.5 Å². The minimum absolute atomic E-state index is 0.00431. The topological polar surface area (TPSA) is 109 Å². The number of amides is 1. The highest BCUT2D eigenvalue weighted by Crippen LogP contribution is 2.30. The van der Waals surface area contributed by atoms with Crippen LogP contribution in [0.15, 0.2) is 6.20 Å². The predicted molar refractivity (Wildman–Crippen MR) is 85.8 cm³/mol. The minimum Gasteiger partial charge on any atom is -0.444 e. The Morgan fingerprint density at radius 1 is 1.46 bits per heavy atom. The van der Waals surface area contributed by atoms with E-state index in [-0.39, 0.29) is 17.6 Å². The van der Waals surface area contributed by atoms with Gasteiger partial charge in [-0.15, -0.1) is 0 Å². The Labute approximate surface area is 140 Å². The fraction of sp³-hybridized carbons (Fsp3) is 0.733. The van der Waals surface area contributed by atoms with E-state index >= 15 is 0 Å². The zero-order chi connectivity index (χ0) is 17.9. The zero-order valence-electron chi connectivity index (χ0n) is 14.4. The summed E-state index contributed by atoms with van der Waals surface area (Å²) in [6, 6.07) is -0.187. The number of rotatable bonds is 3. The summed E-state index contributed by atoms with van der Waals surface area (Å²) < 4.78 is 12.3. The third-order valence-electron chi connectivity index (χ3n) is 3.64. The molecule has 134 valence electrons. The number of aryl methyl sites for hydroxylation is 1. The molecular formula is C15H24N4O5. The van der Waals surface area contributed by atoms with E-state index in [9.17, 15) is 14.9 Å². The van der Waals surface area contributed by atoms with Crippen molar-refractivity contribution in [1.29, 1.82) is 0 Å². The largest absolute Gasteiger partial charge is 0.444 e. The molecule has 1 aliphatic rings. The summed E-state index contributed by atoms with van der Waals surface area (Å²) in [5, 5.41) is 18.1. The first-order valence-electron chi connectivity index (χ1n) is 7.91. The van der Waals surface area contributed by atoms with Crippen molar-refractivity contribution in [3.8, 4) is 0 Å². The second-order valence-electron chi connectivity index (χ2n) is 6.99. The SMILES string of the molecule is Cn1cc([N+](=O)[O-])c(C2CCC(NC(=O)OC(C)(C)C)COC2)n1. The molecule has 0 radical (unpaired) electrons. The number of nitrogens with zero attached hydrogens (tertiary/aromatic N) is 3.